The molecule has 0 atom stereocenters. The van der Waals surface area contributed by atoms with Crippen LogP contribution in [0.3, 0.4) is 0 Å². The highest BCUT2D eigenvalue weighted by atomic mass is 32.2. The van der Waals surface area contributed by atoms with Gasteiger partial charge in [-0.05, 0) is 36.8 Å². The minimum Gasteiger partial charge on any atom is -0.316 e. The Morgan fingerprint density at radius 2 is 1.55 bits per heavy atom. The van der Waals surface area contributed by atoms with Gasteiger partial charge in [-0.25, -0.2) is 0 Å². The van der Waals surface area contributed by atoms with Crippen LogP contribution in [0.25, 0.3) is 27.4 Å². The number of hydrogen-bond donors (Lipinski definition) is 0. The van der Waals surface area contributed by atoms with Crippen molar-refractivity contribution < 1.29 is 35.5 Å². The maximum Gasteiger partial charge on any atom is 0.525 e. The van der Waals surface area contributed by atoms with Crippen LogP contribution in [0.5, 0.6) is 0 Å². The highest BCUT2D eigenvalue weighted by Crippen LogP contribution is 2.37. The number of fused-ring (bicyclic) bond motifs is 1. The zero-order valence-corrected chi connectivity index (χ0v) is 17.6. The Kier molecular flexibility index (Phi) is 4.42. The number of aromatic nitrogens is 1. The van der Waals surface area contributed by atoms with Crippen LogP contribution in [0.15, 0.2) is 60.8 Å². The first-order chi connectivity index (χ1) is 15.5. The summed E-state index contributed by atoms with van der Waals surface area (Å²) in [6.07, 6.45) is 1.83. The Morgan fingerprint density at radius 1 is 0.879 bits per heavy atom. The van der Waals surface area contributed by atoms with E-state index in [1.54, 1.807) is 12.1 Å². The number of nitrogens with zero attached hydrogens (tertiary/aromatic N) is 2. The number of hydrogen-bond acceptors (Lipinski definition) is 5. The third-order valence-corrected chi connectivity index (χ3v) is 6.39. The summed E-state index contributed by atoms with van der Waals surface area (Å²) < 4.78 is 67.0. The largest absolute Gasteiger partial charge is 0.525 e. The average Bonchev–Trinajstić information content (AvgIpc) is 3.19. The van der Waals surface area contributed by atoms with Crippen molar-refractivity contribution in [2.45, 2.75) is 12.4 Å². The van der Waals surface area contributed by atoms with Gasteiger partial charge in [0.1, 0.15) is 0 Å². The molecule has 33 heavy (non-hydrogen) atoms. The van der Waals surface area contributed by atoms with Crippen LogP contribution < -0.4 is 0 Å². The number of benzene rings is 3. The smallest absolute Gasteiger partial charge is 0.316 e. The zero-order valence-electron chi connectivity index (χ0n) is 16.8. The number of carbonyl (C=O) groups is 2. The lowest BCUT2D eigenvalue weighted by Gasteiger charge is -2.26. The van der Waals surface area contributed by atoms with Gasteiger partial charge in [-0.2, -0.15) is 21.6 Å². The SMILES string of the molecule is Cc1cccc2ccn(-c3ccc4c5c(cccc35)C(=O)N(OS(=O)(=O)C(F)(F)F)C4=O)c12. The van der Waals surface area contributed by atoms with Gasteiger partial charge in [-0.3, -0.25) is 9.59 Å². The molecular formula is C22H13F3N2O5S. The lowest BCUT2D eigenvalue weighted by atomic mass is 9.94. The predicted molar refractivity (Wildman–Crippen MR) is 112 cm³/mol. The molecular weight excluding hydrogens is 461 g/mol. The summed E-state index contributed by atoms with van der Waals surface area (Å²) >= 11 is 0. The minimum absolute atomic E-state index is 0.158. The van der Waals surface area contributed by atoms with Crippen LogP contribution >= 0.6 is 0 Å². The summed E-state index contributed by atoms with van der Waals surface area (Å²) in [4.78, 5) is 25.6. The fraction of sp³-hybridized carbons (Fsp3) is 0.0909. The van der Waals surface area contributed by atoms with E-state index in [4.69, 9.17) is 0 Å². The molecule has 0 unspecified atom stereocenters. The molecule has 0 aliphatic carbocycles. The van der Waals surface area contributed by atoms with Gasteiger partial charge in [0.25, 0.3) is 11.8 Å². The number of hydroxylamine groups is 2. The van der Waals surface area contributed by atoms with Gasteiger partial charge in [-0.15, -0.1) is 9.35 Å². The van der Waals surface area contributed by atoms with Crippen LogP contribution in [0.2, 0.25) is 0 Å². The second-order valence-electron chi connectivity index (χ2n) is 7.44. The molecule has 1 aliphatic rings. The summed E-state index contributed by atoms with van der Waals surface area (Å²) in [5.74, 6) is -2.62. The molecule has 1 aliphatic heterocycles. The normalized spacial score (nSPS) is 14.5. The number of imide groups is 1. The highest BCUT2D eigenvalue weighted by molar-refractivity contribution is 7.87. The van der Waals surface area contributed by atoms with Crippen molar-refractivity contribution in [3.63, 3.8) is 0 Å². The van der Waals surface area contributed by atoms with Crippen LogP contribution in [0.4, 0.5) is 13.2 Å². The fourth-order valence-corrected chi connectivity index (χ4v) is 4.47. The molecule has 4 aromatic rings. The van der Waals surface area contributed by atoms with Gasteiger partial charge in [-0.1, -0.05) is 30.3 Å². The molecule has 0 fully saturated rings. The maximum absolute atomic E-state index is 12.8. The first kappa shape index (κ1) is 21.2. The molecule has 0 spiro atoms. The quantitative estimate of drug-likeness (QED) is 0.323. The Morgan fingerprint density at radius 3 is 2.24 bits per heavy atom. The third-order valence-electron chi connectivity index (χ3n) is 5.48. The monoisotopic (exact) mass is 474 g/mol. The van der Waals surface area contributed by atoms with Crippen LogP contribution in [-0.2, 0) is 14.4 Å². The Bertz CT molecular complexity index is 1580. The highest BCUT2D eigenvalue weighted by Gasteiger charge is 2.51. The topological polar surface area (TPSA) is 85.7 Å². The number of para-hydroxylation sites is 1. The van der Waals surface area contributed by atoms with E-state index in [1.807, 2.05) is 42.0 Å². The summed E-state index contributed by atoms with van der Waals surface area (Å²) in [5.41, 5.74) is -3.59. The maximum atomic E-state index is 12.8. The average molecular weight is 474 g/mol. The molecule has 7 nitrogen and oxygen atoms in total. The van der Waals surface area contributed by atoms with E-state index in [2.05, 4.69) is 4.28 Å². The molecule has 0 radical (unpaired) electrons. The van der Waals surface area contributed by atoms with Crippen molar-refractivity contribution in [1.82, 2.24) is 9.63 Å². The van der Waals surface area contributed by atoms with Gasteiger partial charge in [0.2, 0.25) is 0 Å². The van der Waals surface area contributed by atoms with Crippen molar-refractivity contribution in [2.24, 2.45) is 0 Å². The fourth-order valence-electron chi connectivity index (χ4n) is 4.05. The number of carbonyl (C=O) groups excluding carboxylic acids is 2. The van der Waals surface area contributed by atoms with Crippen molar-refractivity contribution >= 4 is 43.6 Å². The van der Waals surface area contributed by atoms with Crippen molar-refractivity contribution in [3.8, 4) is 5.69 Å². The lowest BCUT2D eigenvalue weighted by molar-refractivity contribution is -0.0761. The standard InChI is InChI=1S/C22H13F3N2O5S/c1-12-4-2-5-13-10-11-26(19(12)13)17-9-8-16-18-14(17)6-3-7-15(18)20(28)27(21(16)29)32-33(30,31)22(23,24)25/h2-11H,1H3. The molecule has 0 bridgehead atoms. The first-order valence-electron chi connectivity index (χ1n) is 9.54. The van der Waals surface area contributed by atoms with Gasteiger partial charge >= 0.3 is 15.6 Å². The second-order valence-corrected chi connectivity index (χ2v) is 8.96. The van der Waals surface area contributed by atoms with E-state index >= 15 is 0 Å². The minimum atomic E-state index is -6.23. The number of amides is 2. The van der Waals surface area contributed by atoms with E-state index in [1.165, 1.54) is 18.2 Å². The number of alkyl halides is 3. The van der Waals surface area contributed by atoms with Gasteiger partial charge in [0.15, 0.2) is 0 Å². The van der Waals surface area contributed by atoms with Crippen LogP contribution in [-0.4, -0.2) is 35.4 Å². The molecule has 3 aromatic carbocycles. The van der Waals surface area contributed by atoms with Gasteiger partial charge < -0.3 is 4.57 Å². The Balaban J connectivity index is 1.71. The molecule has 2 amide bonds. The molecule has 0 saturated heterocycles. The molecule has 2 heterocycles. The third kappa shape index (κ3) is 3.04. The summed E-state index contributed by atoms with van der Waals surface area (Å²) in [5, 5.41) is 1.30. The molecule has 0 N–H and O–H groups in total. The molecule has 168 valence electrons. The van der Waals surface area contributed by atoms with Gasteiger partial charge in [0, 0.05) is 22.4 Å². The Hall–Kier alpha value is -3.70. The summed E-state index contributed by atoms with van der Waals surface area (Å²) in [7, 11) is -6.23. The van der Waals surface area contributed by atoms with E-state index in [-0.39, 0.29) is 21.6 Å². The number of aryl methyl sites for hydroxylation is 1. The van der Waals surface area contributed by atoms with E-state index < -0.39 is 27.4 Å². The van der Waals surface area contributed by atoms with E-state index in [0.29, 0.717) is 11.1 Å². The second kappa shape index (κ2) is 6.90. The van der Waals surface area contributed by atoms with Crippen molar-refractivity contribution in [1.29, 1.82) is 0 Å². The lowest BCUT2D eigenvalue weighted by Crippen LogP contribution is -2.44. The first-order valence-corrected chi connectivity index (χ1v) is 10.9. The van der Waals surface area contributed by atoms with Crippen LogP contribution in [0.1, 0.15) is 26.3 Å². The molecule has 5 rings (SSSR count). The van der Waals surface area contributed by atoms with Gasteiger partial charge in [0.05, 0.1) is 22.3 Å². The number of rotatable bonds is 3. The molecule has 11 heteroatoms. The van der Waals surface area contributed by atoms with Crippen molar-refractivity contribution in [3.05, 3.63) is 77.5 Å². The van der Waals surface area contributed by atoms with E-state index in [9.17, 15) is 31.2 Å². The Labute approximate surface area is 184 Å². The van der Waals surface area contributed by atoms with Crippen molar-refractivity contribution in [2.75, 3.05) is 0 Å². The number of halogens is 3. The molecule has 0 saturated carbocycles. The summed E-state index contributed by atoms with van der Waals surface area (Å²) in [6.45, 7) is 1.94. The summed E-state index contributed by atoms with van der Waals surface area (Å²) in [6, 6.07) is 15.1. The zero-order chi connectivity index (χ0) is 23.7. The van der Waals surface area contributed by atoms with E-state index in [0.717, 1.165) is 16.5 Å². The van der Waals surface area contributed by atoms with Crippen LogP contribution in [0, 0.1) is 6.92 Å². The predicted octanol–water partition coefficient (Wildman–Crippen LogP) is 4.47. The molecule has 1 aromatic heterocycles.